The summed E-state index contributed by atoms with van der Waals surface area (Å²) in [4.78, 5) is 12.5. The molecule has 0 spiro atoms. The van der Waals surface area contributed by atoms with Gasteiger partial charge < -0.3 is 10.1 Å². The number of carbonyl (C=O) groups excluding carboxylic acids is 1. The standard InChI is InChI=1S/C21H23FINO2/c1-20(2,23)26-19(25)21(10-11-21)13-16-8-9-17(22)18(12-16)24-14-15-6-4-3-5-7-15/h3-9,12,24H,10-11,13-14H2,1-2H3. The molecule has 138 valence electrons. The van der Waals surface area contributed by atoms with Crippen LogP contribution in [-0.4, -0.2) is 9.58 Å². The topological polar surface area (TPSA) is 38.3 Å². The molecule has 0 saturated heterocycles. The molecule has 1 fully saturated rings. The van der Waals surface area contributed by atoms with Gasteiger partial charge in [0.2, 0.25) is 0 Å². The van der Waals surface area contributed by atoms with Crippen molar-refractivity contribution < 1.29 is 13.9 Å². The van der Waals surface area contributed by atoms with Crippen LogP contribution in [0.1, 0.15) is 37.8 Å². The van der Waals surface area contributed by atoms with Gasteiger partial charge in [0.15, 0.2) is 3.61 Å². The van der Waals surface area contributed by atoms with Crippen molar-refractivity contribution in [1.82, 2.24) is 0 Å². The molecule has 0 amide bonds. The molecule has 2 aromatic rings. The van der Waals surface area contributed by atoms with E-state index in [9.17, 15) is 9.18 Å². The SMILES string of the molecule is CC(C)(I)OC(=O)C1(Cc2ccc(F)c(NCc3ccccc3)c2)CC1. The zero-order valence-corrected chi connectivity index (χ0v) is 17.2. The van der Waals surface area contributed by atoms with Crippen LogP contribution >= 0.6 is 22.6 Å². The number of halogens is 2. The zero-order chi connectivity index (χ0) is 18.8. The van der Waals surface area contributed by atoms with E-state index in [-0.39, 0.29) is 11.8 Å². The van der Waals surface area contributed by atoms with Gasteiger partial charge in [-0.2, -0.15) is 0 Å². The number of rotatable bonds is 7. The monoisotopic (exact) mass is 467 g/mol. The number of carbonyl (C=O) groups is 1. The van der Waals surface area contributed by atoms with Crippen molar-refractivity contribution in [3.63, 3.8) is 0 Å². The van der Waals surface area contributed by atoms with Crippen molar-refractivity contribution in [1.29, 1.82) is 0 Å². The lowest BCUT2D eigenvalue weighted by atomic mass is 9.96. The number of nitrogens with one attached hydrogen (secondary N) is 1. The molecule has 5 heteroatoms. The Morgan fingerprint density at radius 1 is 1.19 bits per heavy atom. The minimum Gasteiger partial charge on any atom is -0.449 e. The van der Waals surface area contributed by atoms with Gasteiger partial charge in [0, 0.05) is 6.54 Å². The summed E-state index contributed by atoms with van der Waals surface area (Å²) >= 11 is 2.11. The summed E-state index contributed by atoms with van der Waals surface area (Å²) in [6.07, 6.45) is 2.23. The third-order valence-electron chi connectivity index (χ3n) is 4.52. The minimum atomic E-state index is -0.518. The fourth-order valence-corrected chi connectivity index (χ4v) is 3.13. The normalized spacial score (nSPS) is 15.4. The molecule has 3 nitrogen and oxygen atoms in total. The first-order valence-corrected chi connectivity index (χ1v) is 9.84. The third-order valence-corrected chi connectivity index (χ3v) is 4.74. The molecule has 1 aliphatic carbocycles. The van der Waals surface area contributed by atoms with Crippen LogP contribution < -0.4 is 5.32 Å². The third kappa shape index (κ3) is 4.96. The molecule has 26 heavy (non-hydrogen) atoms. The van der Waals surface area contributed by atoms with Crippen LogP contribution in [0.5, 0.6) is 0 Å². The molecule has 0 radical (unpaired) electrons. The number of hydrogen-bond donors (Lipinski definition) is 1. The van der Waals surface area contributed by atoms with Gasteiger partial charge in [-0.1, -0.05) is 36.4 Å². The summed E-state index contributed by atoms with van der Waals surface area (Å²) in [6.45, 7) is 4.29. The summed E-state index contributed by atoms with van der Waals surface area (Å²) in [5.74, 6) is -0.439. The lowest BCUT2D eigenvalue weighted by Crippen LogP contribution is -2.28. The molecule has 0 heterocycles. The summed E-state index contributed by atoms with van der Waals surface area (Å²) in [7, 11) is 0. The molecule has 3 rings (SSSR count). The van der Waals surface area contributed by atoms with Gasteiger partial charge in [0.1, 0.15) is 5.82 Å². The lowest BCUT2D eigenvalue weighted by molar-refractivity contribution is -0.155. The molecule has 2 aromatic carbocycles. The van der Waals surface area contributed by atoms with E-state index in [2.05, 4.69) is 27.9 Å². The summed E-state index contributed by atoms with van der Waals surface area (Å²) in [5.41, 5.74) is 2.05. The van der Waals surface area contributed by atoms with Gasteiger partial charge in [-0.05, 0) is 79.0 Å². The smallest absolute Gasteiger partial charge is 0.313 e. The second kappa shape index (κ2) is 7.55. The number of ether oxygens (including phenoxy) is 1. The van der Waals surface area contributed by atoms with Crippen LogP contribution in [0.2, 0.25) is 0 Å². The fourth-order valence-electron chi connectivity index (χ4n) is 2.93. The first kappa shape index (κ1) is 19.1. The Bertz CT molecular complexity index is 782. The zero-order valence-electron chi connectivity index (χ0n) is 15.0. The van der Waals surface area contributed by atoms with Crippen molar-refractivity contribution in [2.24, 2.45) is 5.41 Å². The highest BCUT2D eigenvalue weighted by molar-refractivity contribution is 14.1. The van der Waals surface area contributed by atoms with Crippen LogP contribution in [0, 0.1) is 11.2 Å². The molecular weight excluding hydrogens is 444 g/mol. The second-order valence-corrected chi connectivity index (χ2v) is 9.96. The van der Waals surface area contributed by atoms with Gasteiger partial charge in [-0.3, -0.25) is 4.79 Å². The molecule has 1 saturated carbocycles. The molecule has 0 unspecified atom stereocenters. The van der Waals surface area contributed by atoms with Crippen LogP contribution in [0.4, 0.5) is 10.1 Å². The van der Waals surface area contributed by atoms with E-state index >= 15 is 0 Å². The summed E-state index contributed by atoms with van der Waals surface area (Å²) in [5, 5.41) is 3.15. The van der Waals surface area contributed by atoms with Gasteiger partial charge in [0.05, 0.1) is 11.1 Å². The van der Waals surface area contributed by atoms with E-state index in [1.165, 1.54) is 6.07 Å². The van der Waals surface area contributed by atoms with Crippen molar-refractivity contribution in [2.75, 3.05) is 5.32 Å². The average molecular weight is 467 g/mol. The van der Waals surface area contributed by atoms with E-state index in [1.54, 1.807) is 12.1 Å². The lowest BCUT2D eigenvalue weighted by Gasteiger charge is -2.22. The highest BCUT2D eigenvalue weighted by Gasteiger charge is 2.52. The van der Waals surface area contributed by atoms with Crippen molar-refractivity contribution >= 4 is 34.2 Å². The average Bonchev–Trinajstić information content (AvgIpc) is 3.36. The summed E-state index contributed by atoms with van der Waals surface area (Å²) in [6, 6.07) is 14.9. The number of benzene rings is 2. The maximum Gasteiger partial charge on any atom is 0.313 e. The first-order chi connectivity index (χ1) is 12.3. The second-order valence-electron chi connectivity index (χ2n) is 7.36. The Morgan fingerprint density at radius 2 is 1.88 bits per heavy atom. The van der Waals surface area contributed by atoms with Crippen LogP contribution in [0.3, 0.4) is 0 Å². The van der Waals surface area contributed by atoms with Crippen molar-refractivity contribution in [2.45, 2.75) is 43.3 Å². The van der Waals surface area contributed by atoms with Crippen LogP contribution in [0.25, 0.3) is 0 Å². The van der Waals surface area contributed by atoms with Crippen molar-refractivity contribution in [3.8, 4) is 0 Å². The van der Waals surface area contributed by atoms with Crippen LogP contribution in [0.15, 0.2) is 48.5 Å². The predicted octanol–water partition coefficient (Wildman–Crippen LogP) is 5.47. The van der Waals surface area contributed by atoms with E-state index in [0.717, 1.165) is 24.0 Å². The van der Waals surface area contributed by atoms with Gasteiger partial charge >= 0.3 is 5.97 Å². The number of alkyl halides is 1. The van der Waals surface area contributed by atoms with Crippen molar-refractivity contribution in [3.05, 3.63) is 65.5 Å². The number of hydrogen-bond acceptors (Lipinski definition) is 3. The quantitative estimate of drug-likeness (QED) is 0.333. The molecular formula is C21H23FINO2. The predicted molar refractivity (Wildman–Crippen MR) is 110 cm³/mol. The highest BCUT2D eigenvalue weighted by Crippen LogP contribution is 2.50. The van der Waals surface area contributed by atoms with Gasteiger partial charge in [-0.15, -0.1) is 0 Å². The Hall–Kier alpha value is -1.63. The fraction of sp³-hybridized carbons (Fsp3) is 0.381. The van der Waals surface area contributed by atoms with E-state index in [4.69, 9.17) is 4.74 Å². The largest absolute Gasteiger partial charge is 0.449 e. The van der Waals surface area contributed by atoms with E-state index in [1.807, 2.05) is 44.2 Å². The maximum atomic E-state index is 14.1. The Balaban J connectivity index is 1.68. The maximum absolute atomic E-state index is 14.1. The van der Waals surface area contributed by atoms with Gasteiger partial charge in [0.25, 0.3) is 0 Å². The van der Waals surface area contributed by atoms with E-state index < -0.39 is 9.02 Å². The molecule has 0 aromatic heterocycles. The Labute approximate surface area is 167 Å². The number of anilines is 1. The molecule has 0 aliphatic heterocycles. The summed E-state index contributed by atoms with van der Waals surface area (Å²) < 4.78 is 19.2. The Kier molecular flexibility index (Phi) is 5.55. The number of esters is 1. The minimum absolute atomic E-state index is 0.153. The molecule has 0 bridgehead atoms. The first-order valence-electron chi connectivity index (χ1n) is 8.76. The molecule has 1 aliphatic rings. The highest BCUT2D eigenvalue weighted by atomic mass is 127. The van der Waals surface area contributed by atoms with Gasteiger partial charge in [-0.25, -0.2) is 4.39 Å². The van der Waals surface area contributed by atoms with Crippen LogP contribution in [-0.2, 0) is 22.5 Å². The molecule has 1 N–H and O–H groups in total. The molecule has 0 atom stereocenters. The Morgan fingerprint density at radius 3 is 2.50 bits per heavy atom. The van der Waals surface area contributed by atoms with E-state index in [0.29, 0.717) is 18.7 Å².